The van der Waals surface area contributed by atoms with E-state index in [-0.39, 0.29) is 18.8 Å². The molecule has 126 valence electrons. The van der Waals surface area contributed by atoms with Crippen LogP contribution in [0.1, 0.15) is 33.6 Å². The van der Waals surface area contributed by atoms with Gasteiger partial charge in [-0.3, -0.25) is 0 Å². The van der Waals surface area contributed by atoms with E-state index in [1.165, 1.54) is 4.31 Å². The van der Waals surface area contributed by atoms with E-state index >= 15 is 0 Å². The average Bonchev–Trinajstić information content (AvgIpc) is 2.37. The van der Waals surface area contributed by atoms with Gasteiger partial charge >= 0.3 is 0 Å². The Hall–Kier alpha value is -0.220. The zero-order valence-corrected chi connectivity index (χ0v) is 14.6. The quantitative estimate of drug-likeness (QED) is 0.613. The van der Waals surface area contributed by atoms with Crippen LogP contribution in [0.25, 0.3) is 0 Å². The number of hydrogen-bond acceptors (Lipinski definition) is 4. The van der Waals surface area contributed by atoms with Gasteiger partial charge in [-0.2, -0.15) is 12.7 Å². The van der Waals surface area contributed by atoms with Crippen LogP contribution in [-0.2, 0) is 20.2 Å². The van der Waals surface area contributed by atoms with Crippen LogP contribution < -0.4 is 9.44 Å². The van der Waals surface area contributed by atoms with Gasteiger partial charge in [-0.1, -0.05) is 13.8 Å². The number of nitrogens with zero attached hydrogens (tertiary/aromatic N) is 1. The molecule has 1 aliphatic rings. The van der Waals surface area contributed by atoms with E-state index in [9.17, 15) is 16.8 Å². The van der Waals surface area contributed by atoms with Crippen LogP contribution in [0.15, 0.2) is 0 Å². The molecule has 0 aromatic rings. The summed E-state index contributed by atoms with van der Waals surface area (Å²) in [5.41, 5.74) is 0. The van der Waals surface area contributed by atoms with Crippen molar-refractivity contribution >= 4 is 20.2 Å². The molecule has 2 unspecified atom stereocenters. The normalized spacial score (nSPS) is 25.1. The molecule has 21 heavy (non-hydrogen) atoms. The maximum Gasteiger partial charge on any atom is 0.279 e. The van der Waals surface area contributed by atoms with Crippen LogP contribution in [-0.4, -0.2) is 53.1 Å². The second kappa shape index (κ2) is 7.87. The SMILES string of the molecule is CCS(=O)(=O)NCCCNS(=O)(=O)N1CC(C)CC(C)C1. The molecular weight excluding hydrogens is 314 g/mol. The fraction of sp³-hybridized carbons (Fsp3) is 1.00. The van der Waals surface area contributed by atoms with E-state index in [1.54, 1.807) is 6.92 Å². The van der Waals surface area contributed by atoms with Gasteiger partial charge in [0.25, 0.3) is 10.2 Å². The molecule has 9 heteroatoms. The molecule has 1 fully saturated rings. The molecular formula is C12H27N3O4S2. The molecule has 0 saturated carbocycles. The summed E-state index contributed by atoms with van der Waals surface area (Å²) in [6, 6.07) is 0. The minimum atomic E-state index is -3.46. The highest BCUT2D eigenvalue weighted by Gasteiger charge is 2.29. The van der Waals surface area contributed by atoms with Gasteiger partial charge in [-0.05, 0) is 31.6 Å². The van der Waals surface area contributed by atoms with Gasteiger partial charge in [0.15, 0.2) is 0 Å². The van der Waals surface area contributed by atoms with E-state index in [0.29, 0.717) is 31.3 Å². The molecule has 1 saturated heterocycles. The lowest BCUT2D eigenvalue weighted by atomic mass is 9.94. The maximum absolute atomic E-state index is 12.2. The molecule has 2 atom stereocenters. The molecule has 0 radical (unpaired) electrons. The van der Waals surface area contributed by atoms with E-state index in [1.807, 2.05) is 0 Å². The standard InChI is InChI=1S/C12H27N3O4S2/c1-4-20(16,17)13-6-5-7-14-21(18,19)15-9-11(2)8-12(3)10-15/h11-14H,4-10H2,1-3H3. The summed E-state index contributed by atoms with van der Waals surface area (Å²) in [5, 5.41) is 0. The van der Waals surface area contributed by atoms with Gasteiger partial charge in [-0.25, -0.2) is 17.9 Å². The smallest absolute Gasteiger partial charge is 0.215 e. The van der Waals surface area contributed by atoms with Crippen LogP contribution in [0.4, 0.5) is 0 Å². The molecule has 1 heterocycles. The van der Waals surface area contributed by atoms with Gasteiger partial charge < -0.3 is 0 Å². The Balaban J connectivity index is 2.36. The minimum Gasteiger partial charge on any atom is -0.215 e. The summed E-state index contributed by atoms with van der Waals surface area (Å²) in [6.45, 7) is 7.22. The fourth-order valence-corrected chi connectivity index (χ4v) is 4.66. The summed E-state index contributed by atoms with van der Waals surface area (Å²) in [6.07, 6.45) is 1.47. The van der Waals surface area contributed by atoms with Gasteiger partial charge in [0.2, 0.25) is 10.0 Å². The van der Waals surface area contributed by atoms with Crippen LogP contribution in [0.5, 0.6) is 0 Å². The van der Waals surface area contributed by atoms with Gasteiger partial charge in [0, 0.05) is 26.2 Å². The van der Waals surface area contributed by atoms with Crippen molar-refractivity contribution in [2.24, 2.45) is 11.8 Å². The van der Waals surface area contributed by atoms with Crippen LogP contribution in [0, 0.1) is 11.8 Å². The molecule has 0 spiro atoms. The zero-order chi connectivity index (χ0) is 16.1. The first-order valence-corrected chi connectivity index (χ1v) is 10.5. The summed E-state index contributed by atoms with van der Waals surface area (Å²) < 4.78 is 53.2. The third kappa shape index (κ3) is 6.60. The molecule has 0 aromatic carbocycles. The van der Waals surface area contributed by atoms with E-state index in [0.717, 1.165) is 6.42 Å². The molecule has 2 N–H and O–H groups in total. The number of sulfonamides is 1. The largest absolute Gasteiger partial charge is 0.279 e. The lowest BCUT2D eigenvalue weighted by molar-refractivity contribution is 0.220. The Kier molecular flexibility index (Phi) is 7.05. The van der Waals surface area contributed by atoms with Crippen LogP contribution in [0.3, 0.4) is 0 Å². The first-order chi connectivity index (χ1) is 9.66. The Labute approximate surface area is 128 Å². The second-order valence-corrected chi connectivity index (χ2v) is 9.66. The molecule has 1 rings (SSSR count). The van der Waals surface area contributed by atoms with Crippen molar-refractivity contribution in [3.05, 3.63) is 0 Å². The third-order valence-corrected chi connectivity index (χ3v) is 6.47. The van der Waals surface area contributed by atoms with Crippen molar-refractivity contribution in [3.63, 3.8) is 0 Å². The van der Waals surface area contributed by atoms with Crippen molar-refractivity contribution in [2.75, 3.05) is 31.9 Å². The number of piperidine rings is 1. The maximum atomic E-state index is 12.2. The molecule has 0 bridgehead atoms. The summed E-state index contributed by atoms with van der Waals surface area (Å²) in [7, 11) is -6.67. The van der Waals surface area contributed by atoms with Gasteiger partial charge in [0.1, 0.15) is 0 Å². The molecule has 1 aliphatic heterocycles. The summed E-state index contributed by atoms with van der Waals surface area (Å²) in [4.78, 5) is 0. The number of rotatable bonds is 8. The van der Waals surface area contributed by atoms with Crippen LogP contribution >= 0.6 is 0 Å². The Morgan fingerprint density at radius 3 is 2.05 bits per heavy atom. The Bertz CT molecular complexity index is 509. The van der Waals surface area contributed by atoms with Crippen molar-refractivity contribution in [1.29, 1.82) is 0 Å². The monoisotopic (exact) mass is 341 g/mol. The topological polar surface area (TPSA) is 95.6 Å². The first-order valence-electron chi connectivity index (χ1n) is 7.38. The number of hydrogen-bond donors (Lipinski definition) is 2. The van der Waals surface area contributed by atoms with Gasteiger partial charge in [-0.15, -0.1) is 0 Å². The minimum absolute atomic E-state index is 0.0300. The van der Waals surface area contributed by atoms with Crippen molar-refractivity contribution in [3.8, 4) is 0 Å². The van der Waals surface area contributed by atoms with Gasteiger partial charge in [0.05, 0.1) is 5.75 Å². The predicted molar refractivity (Wildman–Crippen MR) is 83.5 cm³/mol. The highest BCUT2D eigenvalue weighted by atomic mass is 32.2. The second-order valence-electron chi connectivity index (χ2n) is 5.81. The fourth-order valence-electron chi connectivity index (χ4n) is 2.51. The Morgan fingerprint density at radius 2 is 1.52 bits per heavy atom. The number of nitrogens with one attached hydrogen (secondary N) is 2. The third-order valence-electron chi connectivity index (χ3n) is 3.52. The highest BCUT2D eigenvalue weighted by molar-refractivity contribution is 7.89. The van der Waals surface area contributed by atoms with Crippen molar-refractivity contribution in [1.82, 2.24) is 13.7 Å². The first kappa shape index (κ1) is 18.8. The predicted octanol–water partition coefficient (Wildman–Crippen LogP) is 0.128. The van der Waals surface area contributed by atoms with Crippen LogP contribution in [0.2, 0.25) is 0 Å². The highest BCUT2D eigenvalue weighted by Crippen LogP contribution is 2.22. The van der Waals surface area contributed by atoms with E-state index in [2.05, 4.69) is 23.3 Å². The molecule has 0 amide bonds. The van der Waals surface area contributed by atoms with Crippen molar-refractivity contribution < 1.29 is 16.8 Å². The molecule has 0 aliphatic carbocycles. The average molecular weight is 341 g/mol. The van der Waals surface area contributed by atoms with Crippen molar-refractivity contribution in [2.45, 2.75) is 33.6 Å². The Morgan fingerprint density at radius 1 is 1.00 bits per heavy atom. The lowest BCUT2D eigenvalue weighted by Crippen LogP contribution is -2.48. The van der Waals surface area contributed by atoms with E-state index in [4.69, 9.17) is 0 Å². The lowest BCUT2D eigenvalue weighted by Gasteiger charge is -2.33. The zero-order valence-electron chi connectivity index (χ0n) is 13.0. The molecule has 7 nitrogen and oxygen atoms in total. The summed E-state index contributed by atoms with van der Waals surface area (Å²) in [5.74, 6) is 0.755. The van der Waals surface area contributed by atoms with E-state index < -0.39 is 20.2 Å². The molecule has 0 aromatic heterocycles. The summed E-state index contributed by atoms with van der Waals surface area (Å²) >= 11 is 0.